The largest absolute Gasteiger partial charge is 0.491 e. The number of hydrogen-bond acceptors (Lipinski definition) is 4. The van der Waals surface area contributed by atoms with Gasteiger partial charge in [0.25, 0.3) is 0 Å². The van der Waals surface area contributed by atoms with Gasteiger partial charge in [-0.15, -0.1) is 24.2 Å². The molecule has 2 rings (SSSR count). The summed E-state index contributed by atoms with van der Waals surface area (Å²) in [6.45, 7) is 6.00. The Balaban J connectivity index is 0.00000220. The zero-order valence-electron chi connectivity index (χ0n) is 12.6. The summed E-state index contributed by atoms with van der Waals surface area (Å²) in [5, 5.41) is 6.23. The first-order chi connectivity index (χ1) is 9.56. The van der Waals surface area contributed by atoms with Crippen molar-refractivity contribution < 1.29 is 9.53 Å². The number of carbonyl (C=O) groups excluding carboxylic acids is 1. The topological polar surface area (TPSA) is 50.4 Å². The molecule has 0 aromatic heterocycles. The molecule has 1 aromatic rings. The molecule has 1 aliphatic heterocycles. The molecular formula is C15H23ClN2O2S. The van der Waals surface area contributed by atoms with Gasteiger partial charge >= 0.3 is 0 Å². The van der Waals surface area contributed by atoms with Gasteiger partial charge in [0.1, 0.15) is 5.75 Å². The minimum absolute atomic E-state index is 0. The fraction of sp³-hybridized carbons (Fsp3) is 0.533. The molecule has 0 spiro atoms. The van der Waals surface area contributed by atoms with Crippen molar-refractivity contribution in [3.05, 3.63) is 29.8 Å². The maximum Gasteiger partial charge on any atom is 0.238 e. The molecule has 2 N–H and O–H groups in total. The van der Waals surface area contributed by atoms with Crippen molar-refractivity contribution in [2.45, 2.75) is 39.0 Å². The molecule has 118 valence electrons. The van der Waals surface area contributed by atoms with Crippen molar-refractivity contribution in [1.82, 2.24) is 10.6 Å². The minimum atomic E-state index is -0.0717. The van der Waals surface area contributed by atoms with Crippen LogP contribution in [0.4, 0.5) is 0 Å². The van der Waals surface area contributed by atoms with Crippen LogP contribution in [0.15, 0.2) is 24.3 Å². The second-order valence-corrected chi connectivity index (χ2v) is 6.27. The summed E-state index contributed by atoms with van der Waals surface area (Å²) in [6, 6.07) is 7.80. The first-order valence-corrected chi connectivity index (χ1v) is 8.10. The summed E-state index contributed by atoms with van der Waals surface area (Å²) in [5.41, 5.74) is 1.06. The highest BCUT2D eigenvalue weighted by molar-refractivity contribution is 7.99. The molecule has 1 aromatic carbocycles. The van der Waals surface area contributed by atoms with Gasteiger partial charge in [0.2, 0.25) is 5.91 Å². The quantitative estimate of drug-likeness (QED) is 0.871. The molecule has 0 saturated carbocycles. The lowest BCUT2D eigenvalue weighted by atomic mass is 10.1. The van der Waals surface area contributed by atoms with Crippen LogP contribution in [0.2, 0.25) is 0 Å². The lowest BCUT2D eigenvalue weighted by Gasteiger charge is -2.18. The molecule has 0 aliphatic carbocycles. The third-order valence-corrected chi connectivity index (χ3v) is 4.06. The molecule has 1 aliphatic rings. The highest BCUT2D eigenvalue weighted by Gasteiger charge is 2.23. The molecule has 1 fully saturated rings. The van der Waals surface area contributed by atoms with Gasteiger partial charge in [0.05, 0.1) is 18.2 Å². The zero-order chi connectivity index (χ0) is 14.5. The SMILES string of the molecule is CC(C)Oc1cccc(C(C)NC(=O)C2CSCN2)c1.Cl. The standard InChI is InChI=1S/C15H22N2O2S.ClH/c1-10(2)19-13-6-4-5-12(7-13)11(3)17-15(18)14-8-20-9-16-14;/h4-7,10-11,14,16H,8-9H2,1-3H3,(H,17,18);1H. The maximum atomic E-state index is 12.1. The van der Waals surface area contributed by atoms with E-state index >= 15 is 0 Å². The van der Waals surface area contributed by atoms with Gasteiger partial charge in [-0.25, -0.2) is 0 Å². The van der Waals surface area contributed by atoms with Crippen molar-refractivity contribution in [3.63, 3.8) is 0 Å². The van der Waals surface area contributed by atoms with Crippen LogP contribution in [0.1, 0.15) is 32.4 Å². The maximum absolute atomic E-state index is 12.1. The third kappa shape index (κ3) is 5.41. The number of nitrogens with one attached hydrogen (secondary N) is 2. The molecule has 0 radical (unpaired) electrons. The van der Waals surface area contributed by atoms with Crippen molar-refractivity contribution in [1.29, 1.82) is 0 Å². The molecule has 4 nitrogen and oxygen atoms in total. The van der Waals surface area contributed by atoms with Gasteiger partial charge in [-0.2, -0.15) is 0 Å². The Labute approximate surface area is 136 Å². The van der Waals surface area contributed by atoms with Crippen LogP contribution < -0.4 is 15.4 Å². The first kappa shape index (κ1) is 18.1. The van der Waals surface area contributed by atoms with Crippen LogP contribution in [0, 0.1) is 0 Å². The fourth-order valence-electron chi connectivity index (χ4n) is 2.09. The van der Waals surface area contributed by atoms with E-state index in [1.165, 1.54) is 0 Å². The van der Waals surface area contributed by atoms with E-state index in [4.69, 9.17) is 4.74 Å². The second kappa shape index (κ2) is 8.51. The van der Waals surface area contributed by atoms with Crippen LogP contribution in [-0.2, 0) is 4.79 Å². The number of thioether (sulfide) groups is 1. The molecule has 2 atom stereocenters. The van der Waals surface area contributed by atoms with E-state index in [1.807, 2.05) is 45.0 Å². The monoisotopic (exact) mass is 330 g/mol. The average molecular weight is 331 g/mol. The summed E-state index contributed by atoms with van der Waals surface area (Å²) >= 11 is 1.75. The first-order valence-electron chi connectivity index (χ1n) is 6.94. The van der Waals surface area contributed by atoms with Crippen LogP contribution in [0.25, 0.3) is 0 Å². The lowest BCUT2D eigenvalue weighted by Crippen LogP contribution is -2.42. The molecule has 21 heavy (non-hydrogen) atoms. The average Bonchev–Trinajstić information content (AvgIpc) is 2.92. The van der Waals surface area contributed by atoms with Crippen molar-refractivity contribution in [2.24, 2.45) is 0 Å². The number of benzene rings is 1. The number of halogens is 1. The Kier molecular flexibility index (Phi) is 7.35. The Morgan fingerprint density at radius 2 is 2.19 bits per heavy atom. The molecule has 0 bridgehead atoms. The van der Waals surface area contributed by atoms with Crippen molar-refractivity contribution >= 4 is 30.1 Å². The van der Waals surface area contributed by atoms with E-state index < -0.39 is 0 Å². The van der Waals surface area contributed by atoms with Gasteiger partial charge in [0.15, 0.2) is 0 Å². The van der Waals surface area contributed by atoms with Gasteiger partial charge in [-0.05, 0) is 38.5 Å². The Morgan fingerprint density at radius 3 is 2.81 bits per heavy atom. The summed E-state index contributed by atoms with van der Waals surface area (Å²) < 4.78 is 5.68. The van der Waals surface area contributed by atoms with Gasteiger partial charge in [-0.3, -0.25) is 10.1 Å². The predicted molar refractivity (Wildman–Crippen MR) is 90.3 cm³/mol. The molecule has 2 unspecified atom stereocenters. The van der Waals surface area contributed by atoms with Crippen LogP contribution in [-0.4, -0.2) is 29.7 Å². The van der Waals surface area contributed by atoms with E-state index in [1.54, 1.807) is 11.8 Å². The van der Waals surface area contributed by atoms with E-state index in [2.05, 4.69) is 10.6 Å². The molecule has 6 heteroatoms. The number of amides is 1. The number of rotatable bonds is 5. The number of ether oxygens (including phenoxy) is 1. The van der Waals surface area contributed by atoms with Gasteiger partial charge in [-0.1, -0.05) is 12.1 Å². The second-order valence-electron chi connectivity index (χ2n) is 5.24. The molecule has 1 saturated heterocycles. The van der Waals surface area contributed by atoms with E-state index in [0.717, 1.165) is 22.9 Å². The van der Waals surface area contributed by atoms with Crippen molar-refractivity contribution in [3.8, 4) is 5.75 Å². The highest BCUT2D eigenvalue weighted by atomic mass is 35.5. The highest BCUT2D eigenvalue weighted by Crippen LogP contribution is 2.20. The summed E-state index contributed by atoms with van der Waals surface area (Å²) in [5.74, 6) is 2.60. The predicted octanol–water partition coefficient (Wildman–Crippen LogP) is 2.74. The zero-order valence-corrected chi connectivity index (χ0v) is 14.2. The smallest absolute Gasteiger partial charge is 0.238 e. The molecular weight excluding hydrogens is 308 g/mol. The Morgan fingerprint density at radius 1 is 1.43 bits per heavy atom. The molecule has 1 amide bonds. The summed E-state index contributed by atoms with van der Waals surface area (Å²) in [6.07, 6.45) is 0.148. The number of hydrogen-bond donors (Lipinski definition) is 2. The van der Waals surface area contributed by atoms with Crippen LogP contribution in [0.5, 0.6) is 5.75 Å². The minimum Gasteiger partial charge on any atom is -0.491 e. The van der Waals surface area contributed by atoms with Gasteiger partial charge < -0.3 is 10.1 Å². The summed E-state index contributed by atoms with van der Waals surface area (Å²) in [7, 11) is 0. The van der Waals surface area contributed by atoms with Crippen molar-refractivity contribution in [2.75, 3.05) is 11.6 Å². The van der Waals surface area contributed by atoms with Gasteiger partial charge in [0, 0.05) is 11.6 Å². The van der Waals surface area contributed by atoms with E-state index in [0.29, 0.717) is 0 Å². The summed E-state index contributed by atoms with van der Waals surface area (Å²) in [4.78, 5) is 12.1. The van der Waals surface area contributed by atoms with Crippen LogP contribution in [0.3, 0.4) is 0 Å². The normalized spacial score (nSPS) is 19.0. The number of carbonyl (C=O) groups is 1. The Hall–Kier alpha value is -0.910. The van der Waals surface area contributed by atoms with Crippen LogP contribution >= 0.6 is 24.2 Å². The van der Waals surface area contributed by atoms with E-state index in [-0.39, 0.29) is 36.5 Å². The molecule has 1 heterocycles. The van der Waals surface area contributed by atoms with E-state index in [9.17, 15) is 4.79 Å². The Bertz CT molecular complexity index is 465. The lowest BCUT2D eigenvalue weighted by molar-refractivity contribution is -0.123. The third-order valence-electron chi connectivity index (χ3n) is 3.12. The fourth-order valence-corrected chi connectivity index (χ4v) is 3.03.